The van der Waals surface area contributed by atoms with Crippen molar-refractivity contribution in [2.24, 2.45) is 5.92 Å². The van der Waals surface area contributed by atoms with Gasteiger partial charge in [0.05, 0.1) is 5.25 Å². The minimum atomic E-state index is 0.0717. The summed E-state index contributed by atoms with van der Waals surface area (Å²) >= 11 is 1.30. The molecule has 0 fully saturated rings. The Labute approximate surface area is 84.0 Å². The van der Waals surface area contributed by atoms with Crippen LogP contribution in [0, 0.1) is 18.3 Å². The van der Waals surface area contributed by atoms with E-state index in [0.717, 1.165) is 19.3 Å². The normalized spacial score (nSPS) is 23.5. The van der Waals surface area contributed by atoms with E-state index < -0.39 is 0 Å². The van der Waals surface area contributed by atoms with E-state index in [1.807, 2.05) is 0 Å². The summed E-state index contributed by atoms with van der Waals surface area (Å²) in [7, 11) is 0. The summed E-state index contributed by atoms with van der Waals surface area (Å²) in [5.74, 6) is 3.20. The van der Waals surface area contributed by atoms with Crippen molar-refractivity contribution in [1.29, 1.82) is 0 Å². The first-order chi connectivity index (χ1) is 6.24. The molecule has 2 heteroatoms. The van der Waals surface area contributed by atoms with Crippen LogP contribution in [0.5, 0.6) is 0 Å². The van der Waals surface area contributed by atoms with Gasteiger partial charge in [0.25, 0.3) is 0 Å². The third-order valence-electron chi connectivity index (χ3n) is 2.19. The number of terminal acetylenes is 1. The van der Waals surface area contributed by atoms with Crippen molar-refractivity contribution in [3.63, 3.8) is 0 Å². The highest BCUT2D eigenvalue weighted by atomic mass is 32.2. The highest BCUT2D eigenvalue weighted by Gasteiger charge is 2.21. The number of carbonyl (C=O) groups is 1. The van der Waals surface area contributed by atoms with E-state index in [1.165, 1.54) is 11.8 Å². The number of rotatable bonds is 2. The number of thioether (sulfide) groups is 1. The fourth-order valence-electron chi connectivity index (χ4n) is 1.54. The molecule has 1 rings (SSSR count). The van der Waals surface area contributed by atoms with Crippen LogP contribution in [0.3, 0.4) is 0 Å². The second-order valence-corrected chi connectivity index (χ2v) is 4.56. The molecule has 0 aliphatic heterocycles. The van der Waals surface area contributed by atoms with Crippen molar-refractivity contribution in [2.45, 2.75) is 31.4 Å². The quantitative estimate of drug-likeness (QED) is 0.496. The standard InChI is InChI=1S/C11H14OS/c1-3-11(13-9(2)12)10-7-5-4-6-8-10/h1,4-5,10-11H,6-8H2,2H3. The van der Waals surface area contributed by atoms with Crippen molar-refractivity contribution >= 4 is 16.9 Å². The van der Waals surface area contributed by atoms with E-state index in [0.29, 0.717) is 5.92 Å². The third-order valence-corrected chi connectivity index (χ3v) is 3.30. The van der Waals surface area contributed by atoms with Gasteiger partial charge in [-0.05, 0) is 25.2 Å². The molecule has 0 aromatic rings. The molecule has 1 nitrogen and oxygen atoms in total. The van der Waals surface area contributed by atoms with Gasteiger partial charge >= 0.3 is 0 Å². The van der Waals surface area contributed by atoms with Gasteiger partial charge in [-0.1, -0.05) is 29.8 Å². The van der Waals surface area contributed by atoms with Crippen LogP contribution in [0.2, 0.25) is 0 Å². The minimum absolute atomic E-state index is 0.0717. The van der Waals surface area contributed by atoms with Crippen LogP contribution < -0.4 is 0 Å². The van der Waals surface area contributed by atoms with Crippen molar-refractivity contribution < 1.29 is 4.79 Å². The molecule has 13 heavy (non-hydrogen) atoms. The van der Waals surface area contributed by atoms with Gasteiger partial charge in [0.2, 0.25) is 0 Å². The molecule has 0 N–H and O–H groups in total. The third kappa shape index (κ3) is 3.28. The summed E-state index contributed by atoms with van der Waals surface area (Å²) in [6.07, 6.45) is 13.0. The lowest BCUT2D eigenvalue weighted by Gasteiger charge is -2.22. The maximum atomic E-state index is 10.9. The number of allylic oxidation sites excluding steroid dienone is 2. The predicted octanol–water partition coefficient (Wildman–Crippen LogP) is 2.62. The maximum absolute atomic E-state index is 10.9. The Hall–Kier alpha value is -0.680. The second-order valence-electron chi connectivity index (χ2n) is 3.24. The van der Waals surface area contributed by atoms with Crippen LogP contribution in [-0.4, -0.2) is 10.4 Å². The topological polar surface area (TPSA) is 17.1 Å². The Morgan fingerprint density at radius 1 is 1.69 bits per heavy atom. The molecule has 70 valence electrons. The van der Waals surface area contributed by atoms with Crippen molar-refractivity contribution in [2.75, 3.05) is 0 Å². The molecule has 1 aliphatic carbocycles. The van der Waals surface area contributed by atoms with Gasteiger partial charge in [-0.25, -0.2) is 0 Å². The number of hydrogen-bond donors (Lipinski definition) is 0. The molecule has 0 amide bonds. The molecule has 0 saturated heterocycles. The smallest absolute Gasteiger partial charge is 0.187 e. The van der Waals surface area contributed by atoms with E-state index in [2.05, 4.69) is 18.1 Å². The average Bonchev–Trinajstić information content (AvgIpc) is 2.15. The predicted molar refractivity (Wildman–Crippen MR) is 57.4 cm³/mol. The van der Waals surface area contributed by atoms with E-state index >= 15 is 0 Å². The first kappa shape index (κ1) is 10.4. The fraction of sp³-hybridized carbons (Fsp3) is 0.545. The first-order valence-electron chi connectivity index (χ1n) is 4.52. The van der Waals surface area contributed by atoms with E-state index in [9.17, 15) is 4.79 Å². The average molecular weight is 194 g/mol. The summed E-state index contributed by atoms with van der Waals surface area (Å²) in [5, 5.41) is 0.194. The van der Waals surface area contributed by atoms with Crippen LogP contribution in [0.4, 0.5) is 0 Å². The number of hydrogen-bond acceptors (Lipinski definition) is 2. The summed E-state index contributed by atoms with van der Waals surface area (Å²) in [6, 6.07) is 0. The van der Waals surface area contributed by atoms with Crippen molar-refractivity contribution in [3.8, 4) is 12.3 Å². The lowest BCUT2D eigenvalue weighted by atomic mass is 9.91. The van der Waals surface area contributed by atoms with Gasteiger partial charge in [0, 0.05) is 6.92 Å². The lowest BCUT2D eigenvalue weighted by molar-refractivity contribution is -0.109. The summed E-state index contributed by atoms with van der Waals surface area (Å²) < 4.78 is 0. The summed E-state index contributed by atoms with van der Waals surface area (Å²) in [6.45, 7) is 1.58. The van der Waals surface area contributed by atoms with Gasteiger partial charge < -0.3 is 0 Å². The highest BCUT2D eigenvalue weighted by molar-refractivity contribution is 8.14. The van der Waals surface area contributed by atoms with Gasteiger partial charge in [-0.2, -0.15) is 0 Å². The zero-order chi connectivity index (χ0) is 9.68. The molecule has 0 saturated carbocycles. The van der Waals surface area contributed by atoms with Gasteiger partial charge in [0.15, 0.2) is 5.12 Å². The van der Waals surface area contributed by atoms with Gasteiger partial charge in [0.1, 0.15) is 0 Å². The Bertz CT molecular complexity index is 249. The van der Waals surface area contributed by atoms with Gasteiger partial charge in [-0.15, -0.1) is 6.42 Å². The molecular formula is C11H14OS. The van der Waals surface area contributed by atoms with E-state index in [4.69, 9.17) is 6.42 Å². The maximum Gasteiger partial charge on any atom is 0.187 e. The molecule has 2 unspecified atom stereocenters. The first-order valence-corrected chi connectivity index (χ1v) is 5.40. The van der Waals surface area contributed by atoms with Crippen LogP contribution in [0.1, 0.15) is 26.2 Å². The molecule has 1 aliphatic rings. The Kier molecular flexibility index (Phi) is 4.11. The Morgan fingerprint density at radius 2 is 2.46 bits per heavy atom. The monoisotopic (exact) mass is 194 g/mol. The second kappa shape index (κ2) is 5.14. The zero-order valence-corrected chi connectivity index (χ0v) is 8.64. The van der Waals surface area contributed by atoms with Crippen LogP contribution >= 0.6 is 11.8 Å². The fourth-order valence-corrected chi connectivity index (χ4v) is 2.40. The van der Waals surface area contributed by atoms with E-state index in [1.54, 1.807) is 6.92 Å². The van der Waals surface area contributed by atoms with E-state index in [-0.39, 0.29) is 10.4 Å². The van der Waals surface area contributed by atoms with Crippen LogP contribution in [0.15, 0.2) is 12.2 Å². The minimum Gasteiger partial charge on any atom is -0.288 e. The Morgan fingerprint density at radius 3 is 2.92 bits per heavy atom. The van der Waals surface area contributed by atoms with Gasteiger partial charge in [-0.3, -0.25) is 4.79 Å². The lowest BCUT2D eigenvalue weighted by Crippen LogP contribution is -2.18. The molecule has 0 aromatic heterocycles. The summed E-state index contributed by atoms with van der Waals surface area (Å²) in [4.78, 5) is 10.9. The molecule has 0 heterocycles. The largest absolute Gasteiger partial charge is 0.288 e. The molecule has 0 radical (unpaired) electrons. The molecule has 0 bridgehead atoms. The highest BCUT2D eigenvalue weighted by Crippen LogP contribution is 2.29. The van der Waals surface area contributed by atoms with Crippen LogP contribution in [-0.2, 0) is 4.79 Å². The molecule has 0 spiro atoms. The van der Waals surface area contributed by atoms with Crippen molar-refractivity contribution in [3.05, 3.63) is 12.2 Å². The molecule has 2 atom stereocenters. The SMILES string of the molecule is C#CC(SC(C)=O)C1CC=CCC1. The molecule has 0 aromatic carbocycles. The van der Waals surface area contributed by atoms with Crippen LogP contribution in [0.25, 0.3) is 0 Å². The Balaban J connectivity index is 2.51. The molecular weight excluding hydrogens is 180 g/mol. The zero-order valence-electron chi connectivity index (χ0n) is 7.82. The number of carbonyl (C=O) groups excluding carboxylic acids is 1. The summed E-state index contributed by atoms with van der Waals surface area (Å²) in [5.41, 5.74) is 0. The van der Waals surface area contributed by atoms with Crippen molar-refractivity contribution in [1.82, 2.24) is 0 Å².